The molecule has 0 spiro atoms. The third-order valence-corrected chi connectivity index (χ3v) is 2.63. The van der Waals surface area contributed by atoms with E-state index in [4.69, 9.17) is 21.2 Å². The zero-order chi connectivity index (χ0) is 13.1. The Morgan fingerprint density at radius 1 is 1.35 bits per heavy atom. The van der Waals surface area contributed by atoms with Gasteiger partial charge in [-0.05, 0) is 20.3 Å². The first-order valence-electron chi connectivity index (χ1n) is 6.26. The van der Waals surface area contributed by atoms with Crippen molar-refractivity contribution < 1.29 is 14.4 Å². The highest BCUT2D eigenvalue weighted by Gasteiger charge is 2.19. The summed E-state index contributed by atoms with van der Waals surface area (Å²) in [5, 5.41) is 1.39. The molecule has 0 N–H and O–H groups in total. The van der Waals surface area contributed by atoms with E-state index in [9.17, 15) is 4.79 Å². The molecule has 0 heterocycles. The Balaban J connectivity index is 4.08. The molecule has 0 saturated heterocycles. The number of carbonyl (C=O) groups excluding carboxylic acids is 1. The number of hydrogen-bond donors (Lipinski definition) is 0. The number of carbonyl (C=O) groups is 1. The second-order valence-corrected chi connectivity index (χ2v) is 4.14. The highest BCUT2D eigenvalue weighted by Crippen LogP contribution is 2.10. The topological polar surface area (TPSA) is 38.8 Å². The molecule has 0 fully saturated rings. The molecule has 0 radical (unpaired) electrons. The van der Waals surface area contributed by atoms with Gasteiger partial charge >= 0.3 is 0 Å². The number of unbranched alkanes of at least 4 members (excludes halogenated alkanes) is 1. The van der Waals surface area contributed by atoms with Crippen molar-refractivity contribution in [3.63, 3.8) is 0 Å². The summed E-state index contributed by atoms with van der Waals surface area (Å²) < 4.78 is 5.16. The summed E-state index contributed by atoms with van der Waals surface area (Å²) in [4.78, 5) is 17.0. The van der Waals surface area contributed by atoms with Crippen LogP contribution in [-0.4, -0.2) is 42.7 Å². The molecule has 0 aromatic rings. The summed E-state index contributed by atoms with van der Waals surface area (Å²) in [6, 6.07) is 0.0582. The van der Waals surface area contributed by atoms with Crippen LogP contribution in [0.15, 0.2) is 0 Å². The van der Waals surface area contributed by atoms with Crippen molar-refractivity contribution in [3.05, 3.63) is 0 Å². The Bertz CT molecular complexity index is 202. The van der Waals surface area contributed by atoms with Gasteiger partial charge in [0, 0.05) is 6.61 Å². The van der Waals surface area contributed by atoms with Gasteiger partial charge in [-0.3, -0.25) is 9.63 Å². The van der Waals surface area contributed by atoms with Gasteiger partial charge < -0.3 is 4.74 Å². The molecule has 0 rings (SSSR count). The van der Waals surface area contributed by atoms with Gasteiger partial charge in [0.15, 0.2) is 0 Å². The Hall–Kier alpha value is -0.320. The smallest absolute Gasteiger partial charge is 0.261 e. The van der Waals surface area contributed by atoms with Gasteiger partial charge in [0.1, 0.15) is 5.88 Å². The van der Waals surface area contributed by atoms with Crippen LogP contribution in [0.5, 0.6) is 0 Å². The van der Waals surface area contributed by atoms with Crippen LogP contribution in [0.1, 0.15) is 40.0 Å². The van der Waals surface area contributed by atoms with Gasteiger partial charge in [0.25, 0.3) is 5.91 Å². The Kier molecular flexibility index (Phi) is 10.6. The van der Waals surface area contributed by atoms with Crippen molar-refractivity contribution in [2.75, 3.05) is 25.7 Å². The average Bonchev–Trinajstić information content (AvgIpc) is 2.35. The number of rotatable bonds is 10. The zero-order valence-electron chi connectivity index (χ0n) is 11.1. The number of hydrogen-bond acceptors (Lipinski definition) is 3. The van der Waals surface area contributed by atoms with Crippen molar-refractivity contribution in [3.8, 4) is 0 Å². The van der Waals surface area contributed by atoms with E-state index in [1.165, 1.54) is 5.06 Å². The first-order valence-corrected chi connectivity index (χ1v) is 6.79. The van der Waals surface area contributed by atoms with E-state index in [1.807, 2.05) is 13.8 Å². The highest BCUT2D eigenvalue weighted by molar-refractivity contribution is 6.27. The predicted octanol–water partition coefficient (Wildman–Crippen LogP) is 2.60. The minimum absolute atomic E-state index is 0.0505. The van der Waals surface area contributed by atoms with Gasteiger partial charge in [-0.25, -0.2) is 5.06 Å². The first-order chi connectivity index (χ1) is 8.17. The molecule has 1 atom stereocenters. The minimum atomic E-state index is -0.188. The molecule has 0 aromatic carbocycles. The van der Waals surface area contributed by atoms with Crippen LogP contribution in [0.3, 0.4) is 0 Å². The van der Waals surface area contributed by atoms with Crippen LogP contribution >= 0.6 is 11.6 Å². The average molecular weight is 266 g/mol. The fraction of sp³-hybridized carbons (Fsp3) is 0.917. The maximum Gasteiger partial charge on any atom is 0.261 e. The van der Waals surface area contributed by atoms with Crippen molar-refractivity contribution in [1.82, 2.24) is 5.06 Å². The number of halogens is 1. The second-order valence-electron chi connectivity index (χ2n) is 3.87. The number of nitrogens with zero attached hydrogens (tertiary/aromatic N) is 1. The fourth-order valence-electron chi connectivity index (χ4n) is 1.46. The zero-order valence-corrected chi connectivity index (χ0v) is 11.8. The molecule has 0 aliphatic carbocycles. The molecule has 5 heteroatoms. The van der Waals surface area contributed by atoms with Crippen LogP contribution in [0, 0.1) is 0 Å². The van der Waals surface area contributed by atoms with E-state index >= 15 is 0 Å². The quantitative estimate of drug-likeness (QED) is 0.346. The molecule has 102 valence electrons. The molecule has 0 aliphatic heterocycles. The molecule has 0 aliphatic rings. The third-order valence-electron chi connectivity index (χ3n) is 2.40. The molecule has 4 nitrogen and oxygen atoms in total. The van der Waals surface area contributed by atoms with Crippen LogP contribution in [0.4, 0.5) is 0 Å². The van der Waals surface area contributed by atoms with Crippen LogP contribution in [0.25, 0.3) is 0 Å². The van der Waals surface area contributed by atoms with E-state index in [1.54, 1.807) is 0 Å². The van der Waals surface area contributed by atoms with Gasteiger partial charge in [-0.2, -0.15) is 0 Å². The van der Waals surface area contributed by atoms with Gasteiger partial charge in [0.05, 0.1) is 19.3 Å². The molecule has 1 unspecified atom stereocenters. The third kappa shape index (κ3) is 7.58. The summed E-state index contributed by atoms with van der Waals surface area (Å²) in [6.45, 7) is 7.54. The van der Waals surface area contributed by atoms with Crippen molar-refractivity contribution >= 4 is 17.5 Å². The summed E-state index contributed by atoms with van der Waals surface area (Å²) >= 11 is 5.56. The van der Waals surface area contributed by atoms with E-state index in [2.05, 4.69) is 6.92 Å². The molecule has 0 bridgehead atoms. The van der Waals surface area contributed by atoms with Gasteiger partial charge in [-0.15, -0.1) is 11.6 Å². The highest BCUT2D eigenvalue weighted by atomic mass is 35.5. The predicted molar refractivity (Wildman–Crippen MR) is 69.0 cm³/mol. The summed E-state index contributed by atoms with van der Waals surface area (Å²) in [5.74, 6) is -0.239. The van der Waals surface area contributed by atoms with E-state index in [-0.39, 0.29) is 17.8 Å². The molecule has 0 saturated carbocycles. The first kappa shape index (κ1) is 16.7. The monoisotopic (exact) mass is 265 g/mol. The Labute approximate surface area is 109 Å². The fourth-order valence-corrected chi connectivity index (χ4v) is 1.58. The lowest BCUT2D eigenvalue weighted by molar-refractivity contribution is -0.201. The number of amides is 1. The maximum atomic E-state index is 11.6. The molecular formula is C12H24ClNO3. The number of alkyl halides is 1. The lowest BCUT2D eigenvalue weighted by Crippen LogP contribution is -2.40. The molecule has 0 aromatic heterocycles. The van der Waals surface area contributed by atoms with Gasteiger partial charge in [-0.1, -0.05) is 19.8 Å². The molecular weight excluding hydrogens is 242 g/mol. The Morgan fingerprint density at radius 2 is 2.06 bits per heavy atom. The maximum absolute atomic E-state index is 11.6. The Morgan fingerprint density at radius 3 is 2.59 bits per heavy atom. The van der Waals surface area contributed by atoms with Crippen molar-refractivity contribution in [1.29, 1.82) is 0 Å². The van der Waals surface area contributed by atoms with E-state index in [0.29, 0.717) is 19.8 Å². The molecule has 17 heavy (non-hydrogen) atoms. The normalized spacial score (nSPS) is 12.5. The van der Waals surface area contributed by atoms with Crippen LogP contribution < -0.4 is 0 Å². The lowest BCUT2D eigenvalue weighted by atomic mass is 10.1. The van der Waals surface area contributed by atoms with Crippen molar-refractivity contribution in [2.24, 2.45) is 0 Å². The molecule has 1 amide bonds. The van der Waals surface area contributed by atoms with Crippen LogP contribution in [-0.2, 0) is 14.4 Å². The largest absolute Gasteiger partial charge is 0.379 e. The lowest BCUT2D eigenvalue weighted by Gasteiger charge is -2.27. The standard InChI is InChI=1S/C12H24ClNO3/c1-4-6-7-11(3)14(12(15)10-13)17-9-8-16-5-2/h11H,4-10H2,1-3H3. The minimum Gasteiger partial charge on any atom is -0.379 e. The van der Waals surface area contributed by atoms with Gasteiger partial charge in [0.2, 0.25) is 0 Å². The summed E-state index contributed by atoms with van der Waals surface area (Å²) in [7, 11) is 0. The second kappa shape index (κ2) is 10.8. The SMILES string of the molecule is CCCCC(C)N(OCCOCC)C(=O)CCl. The summed E-state index contributed by atoms with van der Waals surface area (Å²) in [5.41, 5.74) is 0. The van der Waals surface area contributed by atoms with E-state index < -0.39 is 0 Å². The summed E-state index contributed by atoms with van der Waals surface area (Å²) in [6.07, 6.45) is 3.10. The number of hydroxylamine groups is 2. The number of ether oxygens (including phenoxy) is 1. The van der Waals surface area contributed by atoms with Crippen molar-refractivity contribution in [2.45, 2.75) is 46.1 Å². The van der Waals surface area contributed by atoms with E-state index in [0.717, 1.165) is 19.3 Å². The van der Waals surface area contributed by atoms with Crippen LogP contribution in [0.2, 0.25) is 0 Å².